The molecule has 0 bridgehead atoms. The number of hydrogen-bond acceptors (Lipinski definition) is 4. The summed E-state index contributed by atoms with van der Waals surface area (Å²) in [5.74, 6) is 1.97. The van der Waals surface area contributed by atoms with E-state index >= 15 is 0 Å². The fourth-order valence-electron chi connectivity index (χ4n) is 7.07. The number of fused-ring (bicyclic) bond motifs is 8. The lowest BCUT2D eigenvalue weighted by atomic mass is 10.0. The number of rotatable bonds is 4. The quantitative estimate of drug-likeness (QED) is 0.194. The van der Waals surface area contributed by atoms with E-state index in [0.717, 1.165) is 22.4 Å². The van der Waals surface area contributed by atoms with E-state index < -0.39 is 0 Å². The number of hydrogen-bond donors (Lipinski definition) is 0. The topological polar surface area (TPSA) is 43.6 Å². The van der Waals surface area contributed by atoms with Crippen molar-refractivity contribution < 1.29 is 0 Å². The summed E-state index contributed by atoms with van der Waals surface area (Å²) in [6, 6.07) is 55.5. The molecule has 4 nitrogen and oxygen atoms in total. The summed E-state index contributed by atoms with van der Waals surface area (Å²) in [5.41, 5.74) is 6.30. The van der Waals surface area contributed by atoms with E-state index in [1.807, 2.05) is 18.2 Å². The smallest absolute Gasteiger partial charge is 0.165 e. The third-order valence-corrected chi connectivity index (χ3v) is 10.5. The monoisotopic (exact) mass is 630 g/mol. The predicted molar refractivity (Wildman–Crippen MR) is 201 cm³/mol. The average molecular weight is 631 g/mol. The van der Waals surface area contributed by atoms with E-state index in [4.69, 9.17) is 15.0 Å². The second kappa shape index (κ2) is 10.7. The zero-order chi connectivity index (χ0) is 31.6. The molecule has 0 atom stereocenters. The average Bonchev–Trinajstić information content (AvgIpc) is 3.71. The lowest BCUT2D eigenvalue weighted by Crippen LogP contribution is -2.01. The van der Waals surface area contributed by atoms with Crippen LogP contribution in [0.3, 0.4) is 0 Å². The minimum Gasteiger partial charge on any atom is -0.309 e. The van der Waals surface area contributed by atoms with Gasteiger partial charge in [0.1, 0.15) is 0 Å². The fourth-order valence-corrected chi connectivity index (χ4v) is 8.28. The summed E-state index contributed by atoms with van der Waals surface area (Å²) in [7, 11) is 0. The van der Waals surface area contributed by atoms with Crippen molar-refractivity contribution in [2.45, 2.75) is 0 Å². The van der Waals surface area contributed by atoms with Crippen molar-refractivity contribution in [2.75, 3.05) is 0 Å². The van der Waals surface area contributed by atoms with Gasteiger partial charge in [0, 0.05) is 53.3 Å². The second-order valence-electron chi connectivity index (χ2n) is 12.0. The van der Waals surface area contributed by atoms with E-state index in [1.165, 1.54) is 52.8 Å². The highest BCUT2D eigenvalue weighted by atomic mass is 32.1. The molecule has 0 aliphatic heterocycles. The van der Waals surface area contributed by atoms with Gasteiger partial charge in [0.2, 0.25) is 0 Å². The van der Waals surface area contributed by atoms with Gasteiger partial charge in [0.05, 0.1) is 11.0 Å². The molecule has 3 aromatic heterocycles. The molecule has 48 heavy (non-hydrogen) atoms. The highest BCUT2D eigenvalue weighted by Gasteiger charge is 2.18. The number of nitrogens with zero attached hydrogens (tertiary/aromatic N) is 4. The summed E-state index contributed by atoms with van der Waals surface area (Å²) in [5, 5.41) is 7.47. The maximum Gasteiger partial charge on any atom is 0.165 e. The third kappa shape index (κ3) is 4.18. The van der Waals surface area contributed by atoms with Gasteiger partial charge in [-0.3, -0.25) is 0 Å². The van der Waals surface area contributed by atoms with Gasteiger partial charge < -0.3 is 4.57 Å². The van der Waals surface area contributed by atoms with Gasteiger partial charge in [-0.15, -0.1) is 11.3 Å². The normalized spacial score (nSPS) is 11.8. The fraction of sp³-hybridized carbons (Fsp3) is 0. The van der Waals surface area contributed by atoms with Crippen LogP contribution in [-0.4, -0.2) is 19.5 Å². The van der Waals surface area contributed by atoms with Gasteiger partial charge in [-0.25, -0.2) is 15.0 Å². The minimum absolute atomic E-state index is 0.644. The first-order valence-corrected chi connectivity index (χ1v) is 16.9. The predicted octanol–water partition coefficient (Wildman–Crippen LogP) is 11.5. The van der Waals surface area contributed by atoms with E-state index in [2.05, 4.69) is 144 Å². The zero-order valence-corrected chi connectivity index (χ0v) is 26.5. The molecule has 0 amide bonds. The van der Waals surface area contributed by atoms with Gasteiger partial charge in [0.15, 0.2) is 17.5 Å². The first-order chi connectivity index (χ1) is 23.8. The highest BCUT2D eigenvalue weighted by molar-refractivity contribution is 7.26. The maximum atomic E-state index is 5.18. The summed E-state index contributed by atoms with van der Waals surface area (Å²) >= 11 is 1.79. The zero-order valence-electron chi connectivity index (χ0n) is 25.7. The van der Waals surface area contributed by atoms with Crippen molar-refractivity contribution in [1.29, 1.82) is 0 Å². The van der Waals surface area contributed by atoms with Crippen molar-refractivity contribution >= 4 is 64.1 Å². The van der Waals surface area contributed by atoms with Crippen LogP contribution >= 0.6 is 11.3 Å². The van der Waals surface area contributed by atoms with Crippen LogP contribution in [0.2, 0.25) is 0 Å². The maximum absolute atomic E-state index is 5.18. The van der Waals surface area contributed by atoms with Crippen molar-refractivity contribution in [3.8, 4) is 39.9 Å². The second-order valence-corrected chi connectivity index (χ2v) is 13.1. The van der Waals surface area contributed by atoms with Crippen LogP contribution in [0.4, 0.5) is 0 Å². The molecular weight excluding hydrogens is 605 g/mol. The molecule has 0 aliphatic rings. The first kappa shape index (κ1) is 27.0. The highest BCUT2D eigenvalue weighted by Crippen LogP contribution is 2.40. The Labute approximate surface area is 280 Å². The Morgan fingerprint density at radius 1 is 0.438 bits per heavy atom. The number of aromatic nitrogens is 4. The van der Waals surface area contributed by atoms with Gasteiger partial charge in [0.25, 0.3) is 0 Å². The Hall–Kier alpha value is -6.17. The van der Waals surface area contributed by atoms with E-state index in [0.29, 0.717) is 17.5 Å². The van der Waals surface area contributed by atoms with Gasteiger partial charge in [-0.2, -0.15) is 0 Å². The van der Waals surface area contributed by atoms with Crippen molar-refractivity contribution in [2.24, 2.45) is 0 Å². The molecule has 224 valence electrons. The number of para-hydroxylation sites is 1. The summed E-state index contributed by atoms with van der Waals surface area (Å²) in [4.78, 5) is 15.3. The molecule has 0 N–H and O–H groups in total. The summed E-state index contributed by atoms with van der Waals surface area (Å²) in [6.45, 7) is 0. The molecular formula is C43H26N4S. The van der Waals surface area contributed by atoms with Gasteiger partial charge in [-0.05, 0) is 47.2 Å². The molecule has 5 heteroatoms. The molecule has 10 aromatic rings. The summed E-state index contributed by atoms with van der Waals surface area (Å²) < 4.78 is 4.80. The first-order valence-electron chi connectivity index (χ1n) is 16.0. The third-order valence-electron chi connectivity index (χ3n) is 9.24. The molecule has 3 heterocycles. The lowest BCUT2D eigenvalue weighted by molar-refractivity contribution is 1.07. The van der Waals surface area contributed by atoms with Crippen LogP contribution in [0.5, 0.6) is 0 Å². The Kier molecular flexibility index (Phi) is 6.01. The summed E-state index contributed by atoms with van der Waals surface area (Å²) in [6.07, 6.45) is 0. The molecule has 7 aromatic carbocycles. The Morgan fingerprint density at radius 2 is 1.10 bits per heavy atom. The van der Waals surface area contributed by atoms with Crippen LogP contribution < -0.4 is 0 Å². The SMILES string of the molecule is c1ccc(-c2nc(-c3cccc(-n4c5ccccc5c5c6ccccc6ccc54)c3)nc(-c3cccc4c3sc3ccccc34)n2)cc1. The molecule has 0 spiro atoms. The molecule has 0 saturated carbocycles. The van der Waals surface area contributed by atoms with Gasteiger partial charge in [-0.1, -0.05) is 121 Å². The number of benzene rings is 7. The van der Waals surface area contributed by atoms with Crippen LogP contribution in [-0.2, 0) is 0 Å². The van der Waals surface area contributed by atoms with Crippen LogP contribution in [0.25, 0.3) is 92.6 Å². The lowest BCUT2D eigenvalue weighted by Gasteiger charge is -2.12. The number of thiophene rings is 1. The molecule has 0 saturated heterocycles. The molecule has 0 fully saturated rings. The van der Waals surface area contributed by atoms with Crippen molar-refractivity contribution in [1.82, 2.24) is 19.5 Å². The van der Waals surface area contributed by atoms with Crippen LogP contribution in [0.15, 0.2) is 158 Å². The van der Waals surface area contributed by atoms with Crippen LogP contribution in [0, 0.1) is 0 Å². The van der Waals surface area contributed by atoms with E-state index in [9.17, 15) is 0 Å². The largest absolute Gasteiger partial charge is 0.309 e. The molecule has 0 radical (unpaired) electrons. The van der Waals surface area contributed by atoms with Gasteiger partial charge >= 0.3 is 0 Å². The Bertz CT molecular complexity index is 2850. The molecule has 0 unspecified atom stereocenters. The standard InChI is InChI=1S/C43H26N4S/c1-2-13-28(14-3-1)41-44-42(46-43(45-41)35-21-11-20-33-32-18-7-9-23-38(32)48-40(33)35)29-15-10-16-30(26-29)47-36-22-8-6-19-34(36)39-31-17-5-4-12-27(31)24-25-37(39)47/h1-26H. The van der Waals surface area contributed by atoms with E-state index in [1.54, 1.807) is 11.3 Å². The Morgan fingerprint density at radius 3 is 2.00 bits per heavy atom. The molecule has 0 aliphatic carbocycles. The van der Waals surface area contributed by atoms with E-state index in [-0.39, 0.29) is 0 Å². The Balaban J connectivity index is 1.20. The van der Waals surface area contributed by atoms with Crippen LogP contribution in [0.1, 0.15) is 0 Å². The minimum atomic E-state index is 0.644. The van der Waals surface area contributed by atoms with Crippen molar-refractivity contribution in [3.05, 3.63) is 158 Å². The van der Waals surface area contributed by atoms with Crippen molar-refractivity contribution in [3.63, 3.8) is 0 Å². The molecule has 10 rings (SSSR count).